The van der Waals surface area contributed by atoms with Gasteiger partial charge in [-0.1, -0.05) is 0 Å². The Hall–Kier alpha value is -2.63. The van der Waals surface area contributed by atoms with E-state index in [2.05, 4.69) is 15.1 Å². The van der Waals surface area contributed by atoms with E-state index in [1.165, 1.54) is 23.1 Å². The number of hydrogen-bond donors (Lipinski definition) is 0. The van der Waals surface area contributed by atoms with Gasteiger partial charge < -0.3 is 0 Å². The summed E-state index contributed by atoms with van der Waals surface area (Å²) in [6, 6.07) is 1.15. The van der Waals surface area contributed by atoms with E-state index in [1.54, 1.807) is 12.4 Å². The fourth-order valence-corrected chi connectivity index (χ4v) is 1.70. The van der Waals surface area contributed by atoms with Crippen molar-refractivity contribution in [3.8, 4) is 0 Å². The van der Waals surface area contributed by atoms with Crippen molar-refractivity contribution in [1.82, 2.24) is 19.6 Å². The van der Waals surface area contributed by atoms with Gasteiger partial charge >= 0.3 is 0 Å². The van der Waals surface area contributed by atoms with Crippen molar-refractivity contribution < 1.29 is 9.18 Å². The summed E-state index contributed by atoms with van der Waals surface area (Å²) in [5, 5.41) is 4.03. The van der Waals surface area contributed by atoms with Crippen molar-refractivity contribution in [2.24, 2.45) is 0 Å². The maximum Gasteiger partial charge on any atom is 0.198 e. The monoisotopic (exact) mass is 242 g/mol. The van der Waals surface area contributed by atoms with Gasteiger partial charge in [0.1, 0.15) is 5.82 Å². The number of nitrogens with zero attached hydrogens (tertiary/aromatic N) is 4. The van der Waals surface area contributed by atoms with Crippen molar-refractivity contribution in [2.45, 2.75) is 0 Å². The lowest BCUT2D eigenvalue weighted by Gasteiger charge is -1.98. The van der Waals surface area contributed by atoms with Crippen LogP contribution in [0, 0.1) is 5.82 Å². The van der Waals surface area contributed by atoms with E-state index < -0.39 is 5.82 Å². The van der Waals surface area contributed by atoms with Crippen LogP contribution in [-0.2, 0) is 0 Å². The zero-order chi connectivity index (χ0) is 12.5. The largest absolute Gasteiger partial charge is 0.288 e. The van der Waals surface area contributed by atoms with Gasteiger partial charge in [0, 0.05) is 24.2 Å². The Balaban J connectivity index is 2.12. The number of rotatable bonds is 2. The van der Waals surface area contributed by atoms with Crippen LogP contribution in [-0.4, -0.2) is 25.4 Å². The van der Waals surface area contributed by atoms with E-state index in [0.29, 0.717) is 11.1 Å². The second-order valence-corrected chi connectivity index (χ2v) is 3.69. The third kappa shape index (κ3) is 1.64. The van der Waals surface area contributed by atoms with Crippen molar-refractivity contribution in [3.63, 3.8) is 0 Å². The van der Waals surface area contributed by atoms with Crippen LogP contribution in [0.4, 0.5) is 4.39 Å². The molecule has 0 radical (unpaired) electrons. The minimum Gasteiger partial charge on any atom is -0.288 e. The lowest BCUT2D eigenvalue weighted by Crippen LogP contribution is -2.02. The first-order valence-corrected chi connectivity index (χ1v) is 5.18. The molecule has 6 heteroatoms. The number of halogens is 1. The third-order valence-corrected chi connectivity index (χ3v) is 2.54. The number of carbonyl (C=O) groups is 1. The van der Waals surface area contributed by atoms with Gasteiger partial charge in [0.2, 0.25) is 0 Å². The van der Waals surface area contributed by atoms with Crippen molar-refractivity contribution in [3.05, 3.63) is 60.2 Å². The Morgan fingerprint density at radius 2 is 2.06 bits per heavy atom. The molecule has 5 nitrogen and oxygen atoms in total. The fourth-order valence-electron chi connectivity index (χ4n) is 1.70. The van der Waals surface area contributed by atoms with Gasteiger partial charge in [-0.05, 0) is 6.07 Å². The van der Waals surface area contributed by atoms with Gasteiger partial charge in [0.05, 0.1) is 29.7 Å². The molecule has 0 aliphatic heterocycles. The van der Waals surface area contributed by atoms with Crippen LogP contribution in [0.1, 0.15) is 15.9 Å². The maximum absolute atomic E-state index is 13.0. The van der Waals surface area contributed by atoms with Gasteiger partial charge in [-0.15, -0.1) is 0 Å². The molecule has 0 unspecified atom stereocenters. The number of ketones is 1. The van der Waals surface area contributed by atoms with Gasteiger partial charge in [0.25, 0.3) is 0 Å². The van der Waals surface area contributed by atoms with Gasteiger partial charge in [-0.2, -0.15) is 5.10 Å². The summed E-state index contributed by atoms with van der Waals surface area (Å²) in [5.41, 5.74) is 1.14. The molecule has 0 aliphatic rings. The minimum atomic E-state index is -0.546. The summed E-state index contributed by atoms with van der Waals surface area (Å²) in [6.45, 7) is 0. The second kappa shape index (κ2) is 3.99. The number of aromatic nitrogens is 4. The summed E-state index contributed by atoms with van der Waals surface area (Å²) in [5.74, 6) is -0.875. The standard InChI is InChI=1S/C12H7FN4O/c13-9-3-8(4-15-5-9)12(18)10-6-16-17-2-1-14-7-11(10)17/h1-7H. The van der Waals surface area contributed by atoms with Crippen molar-refractivity contribution >= 4 is 11.3 Å². The molecule has 3 heterocycles. The van der Waals surface area contributed by atoms with E-state index >= 15 is 0 Å². The molecule has 0 saturated heterocycles. The number of carbonyl (C=O) groups excluding carboxylic acids is 1. The molecule has 0 saturated carbocycles. The average Bonchev–Trinajstić information content (AvgIpc) is 2.82. The SMILES string of the molecule is O=C(c1cncc(F)c1)c1cnn2ccncc12. The Bertz CT molecular complexity index is 738. The van der Waals surface area contributed by atoms with E-state index in [1.807, 2.05) is 0 Å². The van der Waals surface area contributed by atoms with Crippen LogP contribution in [0.2, 0.25) is 0 Å². The Kier molecular flexibility index (Phi) is 2.33. The summed E-state index contributed by atoms with van der Waals surface area (Å²) in [4.78, 5) is 19.8. The third-order valence-electron chi connectivity index (χ3n) is 2.54. The number of pyridine rings is 1. The molecule has 18 heavy (non-hydrogen) atoms. The van der Waals surface area contributed by atoms with E-state index in [0.717, 1.165) is 12.3 Å². The Morgan fingerprint density at radius 3 is 2.89 bits per heavy atom. The maximum atomic E-state index is 13.0. The smallest absolute Gasteiger partial charge is 0.198 e. The highest BCUT2D eigenvalue weighted by Gasteiger charge is 2.15. The lowest BCUT2D eigenvalue weighted by molar-refractivity contribution is 0.103. The normalized spacial score (nSPS) is 10.7. The highest BCUT2D eigenvalue weighted by atomic mass is 19.1. The van der Waals surface area contributed by atoms with Crippen molar-refractivity contribution in [1.29, 1.82) is 0 Å². The highest BCUT2D eigenvalue weighted by molar-refractivity contribution is 6.12. The quantitative estimate of drug-likeness (QED) is 0.639. The van der Waals surface area contributed by atoms with Crippen LogP contribution in [0.15, 0.2) is 43.2 Å². The Labute approximate surface area is 101 Å². The predicted octanol–water partition coefficient (Wildman–Crippen LogP) is 1.49. The predicted molar refractivity (Wildman–Crippen MR) is 60.6 cm³/mol. The van der Waals surface area contributed by atoms with Crippen LogP contribution >= 0.6 is 0 Å². The molecule has 3 aromatic heterocycles. The molecule has 88 valence electrons. The molecule has 3 aromatic rings. The highest BCUT2D eigenvalue weighted by Crippen LogP contribution is 2.14. The topological polar surface area (TPSA) is 60.2 Å². The average molecular weight is 242 g/mol. The fraction of sp³-hybridized carbons (Fsp3) is 0. The lowest BCUT2D eigenvalue weighted by atomic mass is 10.1. The molecule has 0 aliphatic carbocycles. The van der Waals surface area contributed by atoms with Crippen LogP contribution in [0.3, 0.4) is 0 Å². The molecule has 3 rings (SSSR count). The van der Waals surface area contributed by atoms with Gasteiger partial charge in [0.15, 0.2) is 5.78 Å². The zero-order valence-corrected chi connectivity index (χ0v) is 9.12. The molecule has 0 amide bonds. The van der Waals surface area contributed by atoms with Gasteiger partial charge in [-0.25, -0.2) is 8.91 Å². The van der Waals surface area contributed by atoms with Crippen molar-refractivity contribution in [2.75, 3.05) is 0 Å². The summed E-state index contributed by atoms with van der Waals surface area (Å²) < 4.78 is 14.6. The first-order valence-electron chi connectivity index (χ1n) is 5.18. The Morgan fingerprint density at radius 1 is 1.17 bits per heavy atom. The molecule has 0 atom stereocenters. The molecule has 0 spiro atoms. The van der Waals surface area contributed by atoms with Crippen LogP contribution in [0.25, 0.3) is 5.52 Å². The number of fused-ring (bicyclic) bond motifs is 1. The van der Waals surface area contributed by atoms with E-state index in [4.69, 9.17) is 0 Å². The summed E-state index contributed by atoms with van der Waals surface area (Å²) >= 11 is 0. The second-order valence-electron chi connectivity index (χ2n) is 3.69. The van der Waals surface area contributed by atoms with Gasteiger partial charge in [-0.3, -0.25) is 14.8 Å². The van der Waals surface area contributed by atoms with E-state index in [-0.39, 0.29) is 11.3 Å². The molecular formula is C12H7FN4O. The molecule has 0 aromatic carbocycles. The minimum absolute atomic E-state index is 0.189. The van der Waals surface area contributed by atoms with Crippen LogP contribution < -0.4 is 0 Å². The zero-order valence-electron chi connectivity index (χ0n) is 9.12. The first kappa shape index (κ1) is 10.5. The summed E-state index contributed by atoms with van der Waals surface area (Å²) in [6.07, 6.45) is 8.55. The number of hydrogen-bond acceptors (Lipinski definition) is 4. The molecule has 0 fully saturated rings. The first-order chi connectivity index (χ1) is 8.75. The summed E-state index contributed by atoms with van der Waals surface area (Å²) in [7, 11) is 0. The molecular weight excluding hydrogens is 235 g/mol. The molecule has 0 bridgehead atoms. The van der Waals surface area contributed by atoms with Crippen LogP contribution in [0.5, 0.6) is 0 Å². The van der Waals surface area contributed by atoms with E-state index in [9.17, 15) is 9.18 Å². The molecule has 0 N–H and O–H groups in total.